The molecule has 1 aliphatic heterocycles. The number of amides is 2. The fourth-order valence-corrected chi connectivity index (χ4v) is 2.30. The monoisotopic (exact) mass is 306 g/mol. The van der Waals surface area contributed by atoms with Gasteiger partial charge < -0.3 is 9.84 Å². The highest BCUT2D eigenvalue weighted by molar-refractivity contribution is 6.21. The van der Waals surface area contributed by atoms with Crippen LogP contribution in [0.2, 0.25) is 0 Å². The highest BCUT2D eigenvalue weighted by atomic mass is 16.5. The molecule has 0 saturated carbocycles. The lowest BCUT2D eigenvalue weighted by Crippen LogP contribution is -2.55. The molecule has 0 saturated heterocycles. The number of esters is 1. The Morgan fingerprint density at radius 1 is 1.27 bits per heavy atom. The predicted molar refractivity (Wildman–Crippen MR) is 77.3 cm³/mol. The molecular formula is C15H18N2O5. The largest absolute Gasteiger partial charge is 0.468 e. The summed E-state index contributed by atoms with van der Waals surface area (Å²) in [5, 5.41) is 12.1. The molecule has 0 bridgehead atoms. The topological polar surface area (TPSA) is 95.9 Å². The number of ether oxygens (including phenoxy) is 1. The molecule has 1 aromatic carbocycles. The fraction of sp³-hybridized carbons (Fsp3) is 0.400. The van der Waals surface area contributed by atoms with E-state index < -0.39 is 18.1 Å². The maximum Gasteiger partial charge on any atom is 0.328 e. The van der Waals surface area contributed by atoms with Gasteiger partial charge in [0.2, 0.25) is 0 Å². The average molecular weight is 306 g/mol. The van der Waals surface area contributed by atoms with E-state index in [1.807, 2.05) is 0 Å². The van der Waals surface area contributed by atoms with Gasteiger partial charge >= 0.3 is 5.97 Å². The summed E-state index contributed by atoms with van der Waals surface area (Å²) < 4.78 is 4.61. The molecule has 0 radical (unpaired) electrons. The van der Waals surface area contributed by atoms with Gasteiger partial charge in [-0.15, -0.1) is 0 Å². The van der Waals surface area contributed by atoms with E-state index in [9.17, 15) is 19.5 Å². The third-order valence-electron chi connectivity index (χ3n) is 3.68. The highest BCUT2D eigenvalue weighted by Crippen LogP contribution is 2.21. The van der Waals surface area contributed by atoms with Gasteiger partial charge in [-0.25, -0.2) is 4.79 Å². The quantitative estimate of drug-likeness (QED) is 0.558. The number of aliphatic hydroxyl groups excluding tert-OH is 1. The van der Waals surface area contributed by atoms with Gasteiger partial charge in [-0.05, 0) is 19.1 Å². The van der Waals surface area contributed by atoms with Crippen molar-refractivity contribution in [3.63, 3.8) is 0 Å². The number of nitrogens with one attached hydrogen (secondary N) is 1. The Morgan fingerprint density at radius 2 is 1.82 bits per heavy atom. The zero-order chi connectivity index (χ0) is 16.3. The van der Waals surface area contributed by atoms with E-state index in [1.54, 1.807) is 24.3 Å². The molecule has 1 aliphatic rings. The summed E-state index contributed by atoms with van der Waals surface area (Å²) in [7, 11) is 1.22. The van der Waals surface area contributed by atoms with Gasteiger partial charge in [-0.2, -0.15) is 0 Å². The second-order valence-electron chi connectivity index (χ2n) is 5.22. The van der Waals surface area contributed by atoms with Gasteiger partial charge in [0.05, 0.1) is 24.8 Å². The first kappa shape index (κ1) is 16.1. The number of methoxy groups -OCH3 is 1. The van der Waals surface area contributed by atoms with Crippen LogP contribution in [0.1, 0.15) is 27.6 Å². The highest BCUT2D eigenvalue weighted by Gasteiger charge is 2.36. The second-order valence-corrected chi connectivity index (χ2v) is 5.22. The van der Waals surface area contributed by atoms with E-state index in [4.69, 9.17) is 0 Å². The second kappa shape index (κ2) is 6.25. The van der Waals surface area contributed by atoms with Crippen LogP contribution in [-0.2, 0) is 9.53 Å². The number of hydrogen-bond acceptors (Lipinski definition) is 6. The Balaban J connectivity index is 2.01. The predicted octanol–water partition coefficient (Wildman–Crippen LogP) is -0.204. The zero-order valence-corrected chi connectivity index (χ0v) is 12.5. The molecule has 0 fully saturated rings. The average Bonchev–Trinajstić information content (AvgIpc) is 2.79. The van der Waals surface area contributed by atoms with E-state index in [-0.39, 0.29) is 24.9 Å². The lowest BCUT2D eigenvalue weighted by molar-refractivity contribution is -0.149. The van der Waals surface area contributed by atoms with Crippen LogP contribution in [0.4, 0.5) is 0 Å². The van der Waals surface area contributed by atoms with Crippen molar-refractivity contribution >= 4 is 17.8 Å². The first-order chi connectivity index (χ1) is 10.4. The Morgan fingerprint density at radius 3 is 2.27 bits per heavy atom. The van der Waals surface area contributed by atoms with Crippen LogP contribution in [-0.4, -0.2) is 60.1 Å². The van der Waals surface area contributed by atoms with Gasteiger partial charge in [0.1, 0.15) is 5.54 Å². The molecule has 2 amide bonds. The van der Waals surface area contributed by atoms with Crippen LogP contribution in [0.25, 0.3) is 0 Å². The van der Waals surface area contributed by atoms with Crippen molar-refractivity contribution in [2.75, 3.05) is 26.8 Å². The Labute approximate surface area is 127 Å². The summed E-state index contributed by atoms with van der Waals surface area (Å²) in [6.45, 7) is 1.29. The smallest absolute Gasteiger partial charge is 0.328 e. The van der Waals surface area contributed by atoms with Gasteiger partial charge in [0.15, 0.2) is 0 Å². The van der Waals surface area contributed by atoms with Crippen LogP contribution in [0.15, 0.2) is 24.3 Å². The van der Waals surface area contributed by atoms with Crippen molar-refractivity contribution in [2.24, 2.45) is 0 Å². The number of nitrogens with zero attached hydrogens (tertiary/aromatic N) is 1. The summed E-state index contributed by atoms with van der Waals surface area (Å²) in [5.41, 5.74) is -0.510. The first-order valence-corrected chi connectivity index (χ1v) is 6.84. The van der Waals surface area contributed by atoms with Crippen LogP contribution in [0.5, 0.6) is 0 Å². The summed E-state index contributed by atoms with van der Waals surface area (Å²) in [6.07, 6.45) is 0. The van der Waals surface area contributed by atoms with E-state index >= 15 is 0 Å². The molecule has 7 nitrogen and oxygen atoms in total. The summed E-state index contributed by atoms with van der Waals surface area (Å²) in [4.78, 5) is 37.0. The molecule has 0 aromatic heterocycles. The summed E-state index contributed by atoms with van der Waals surface area (Å²) in [6, 6.07) is 6.61. The molecule has 1 aromatic rings. The lowest BCUT2D eigenvalue weighted by atomic mass is 10.0. The van der Waals surface area contributed by atoms with Gasteiger partial charge in [-0.1, -0.05) is 12.1 Å². The van der Waals surface area contributed by atoms with Crippen molar-refractivity contribution in [1.82, 2.24) is 10.2 Å². The minimum absolute atomic E-state index is 0.0962. The number of hydrogen-bond donors (Lipinski definition) is 2. The number of imide groups is 1. The molecule has 22 heavy (non-hydrogen) atoms. The lowest BCUT2D eigenvalue weighted by Gasteiger charge is -2.26. The zero-order valence-electron chi connectivity index (χ0n) is 12.5. The normalized spacial score (nSPS) is 16.4. The SMILES string of the molecule is COC(=O)[C@](C)(CO)NCCN1C(=O)c2ccccc2C1=O. The number of fused-ring (bicyclic) bond motifs is 1. The number of carbonyl (C=O) groups is 3. The van der Waals surface area contributed by atoms with Crippen LogP contribution in [0.3, 0.4) is 0 Å². The van der Waals surface area contributed by atoms with Crippen molar-refractivity contribution < 1.29 is 24.2 Å². The van der Waals surface area contributed by atoms with Crippen LogP contribution < -0.4 is 5.32 Å². The van der Waals surface area contributed by atoms with E-state index in [2.05, 4.69) is 10.1 Å². The molecule has 0 aliphatic carbocycles. The Hall–Kier alpha value is -2.25. The number of aliphatic hydroxyl groups is 1. The molecule has 0 spiro atoms. The maximum atomic E-state index is 12.2. The van der Waals surface area contributed by atoms with Gasteiger partial charge in [-0.3, -0.25) is 19.8 Å². The van der Waals surface area contributed by atoms with Crippen molar-refractivity contribution in [3.05, 3.63) is 35.4 Å². The number of rotatable bonds is 6. The van der Waals surface area contributed by atoms with Gasteiger partial charge in [0.25, 0.3) is 11.8 Å². The Kier molecular flexibility index (Phi) is 4.58. The summed E-state index contributed by atoms with van der Waals surface area (Å²) >= 11 is 0. The van der Waals surface area contributed by atoms with Crippen LogP contribution in [0, 0.1) is 0 Å². The third kappa shape index (κ3) is 2.72. The maximum absolute atomic E-state index is 12.2. The third-order valence-corrected chi connectivity index (χ3v) is 3.68. The molecule has 2 N–H and O–H groups in total. The molecule has 0 unspecified atom stereocenters. The molecule has 118 valence electrons. The Bertz CT molecular complexity index is 581. The van der Waals surface area contributed by atoms with E-state index in [1.165, 1.54) is 14.0 Å². The standard InChI is InChI=1S/C15H18N2O5/c1-15(9-18,14(21)22-2)16-7-8-17-12(19)10-5-3-4-6-11(10)13(17)20/h3-6,16,18H,7-9H2,1-2H3/t15-/m0/s1. The molecular weight excluding hydrogens is 288 g/mol. The van der Waals surface area contributed by atoms with Crippen molar-refractivity contribution in [1.29, 1.82) is 0 Å². The first-order valence-electron chi connectivity index (χ1n) is 6.84. The molecule has 7 heteroatoms. The van der Waals surface area contributed by atoms with Crippen molar-refractivity contribution in [2.45, 2.75) is 12.5 Å². The van der Waals surface area contributed by atoms with Crippen molar-refractivity contribution in [3.8, 4) is 0 Å². The van der Waals surface area contributed by atoms with E-state index in [0.717, 1.165) is 4.90 Å². The van der Waals surface area contributed by atoms with E-state index in [0.29, 0.717) is 11.1 Å². The fourth-order valence-electron chi connectivity index (χ4n) is 2.30. The minimum atomic E-state index is -1.27. The minimum Gasteiger partial charge on any atom is -0.468 e. The molecule has 1 atom stereocenters. The molecule has 1 heterocycles. The number of benzene rings is 1. The van der Waals surface area contributed by atoms with Gasteiger partial charge in [0, 0.05) is 13.1 Å². The molecule has 2 rings (SSSR count). The van der Waals surface area contributed by atoms with Crippen LogP contribution >= 0.6 is 0 Å². The summed E-state index contributed by atoms with van der Waals surface area (Å²) in [5.74, 6) is -1.32. The number of carbonyl (C=O) groups excluding carboxylic acids is 3.